The second kappa shape index (κ2) is 7.70. The summed E-state index contributed by atoms with van der Waals surface area (Å²) in [6.45, 7) is 6.64. The highest BCUT2D eigenvalue weighted by atomic mass is 35.5. The maximum Gasteiger partial charge on any atom is 0.306 e. The molecule has 33 heavy (non-hydrogen) atoms. The van der Waals surface area contributed by atoms with Crippen molar-refractivity contribution >= 4 is 29.1 Å². The zero-order valence-corrected chi connectivity index (χ0v) is 20.1. The summed E-state index contributed by atoms with van der Waals surface area (Å²) in [5, 5.41) is 11.4. The lowest BCUT2D eigenvalue weighted by Crippen LogP contribution is -2.71. The van der Waals surface area contributed by atoms with Gasteiger partial charge in [0.1, 0.15) is 6.17 Å². The first-order chi connectivity index (χ1) is 15.3. The molecule has 0 aliphatic heterocycles. The van der Waals surface area contributed by atoms with Crippen LogP contribution in [0.5, 0.6) is 0 Å². The van der Waals surface area contributed by atoms with E-state index >= 15 is 8.78 Å². The van der Waals surface area contributed by atoms with E-state index in [0.717, 1.165) is 6.08 Å². The van der Waals surface area contributed by atoms with E-state index in [-0.39, 0.29) is 24.8 Å². The van der Waals surface area contributed by atoms with Gasteiger partial charge in [0.05, 0.1) is 12.0 Å². The van der Waals surface area contributed by atoms with Crippen LogP contribution in [-0.4, -0.2) is 52.1 Å². The first-order valence-corrected chi connectivity index (χ1v) is 12.1. The van der Waals surface area contributed by atoms with Gasteiger partial charge in [0.15, 0.2) is 22.8 Å². The molecule has 5 nitrogen and oxygen atoms in total. The van der Waals surface area contributed by atoms with E-state index in [1.165, 1.54) is 19.1 Å². The standard InChI is InChI=1S/C25H31ClF2O5/c1-5-21(32)33-25(20(31)12-26)13(2)8-15-16-10-18(27)17-9-14(29)6-7-22(17,3)24(16,28)19(30)11-23(15,25)4/h6-7,9,13,15-16,18-19,30H,5,8,10-12H2,1-4H3/t13-,15?,16-,18-,19-,22-,23-,24-,25+/m0/s1. The SMILES string of the molecule is CCC(=O)O[C@@]1(C(=O)CCl)[C@@H](C)CC2[C@@H]3C[C@H](F)C4=CC(=O)C=C[C@]4(C)[C@@]3(F)[C@@H](O)C[C@@]21C. The topological polar surface area (TPSA) is 80.7 Å². The molecule has 4 rings (SSSR count). The van der Waals surface area contributed by atoms with Crippen molar-refractivity contribution in [1.29, 1.82) is 0 Å². The Morgan fingerprint density at radius 2 is 1.94 bits per heavy atom. The third kappa shape index (κ3) is 2.87. The molecular formula is C25H31ClF2O5. The maximum absolute atomic E-state index is 17.2. The largest absolute Gasteiger partial charge is 0.450 e. The Morgan fingerprint density at radius 1 is 1.27 bits per heavy atom. The van der Waals surface area contributed by atoms with Gasteiger partial charge in [0.25, 0.3) is 0 Å². The number of ether oxygens (including phenoxy) is 1. The number of hydrogen-bond acceptors (Lipinski definition) is 5. The number of allylic oxidation sites excluding steroid dienone is 4. The summed E-state index contributed by atoms with van der Waals surface area (Å²) >= 11 is 5.97. The minimum Gasteiger partial charge on any atom is -0.450 e. The van der Waals surface area contributed by atoms with Crippen LogP contribution in [0.15, 0.2) is 23.8 Å². The van der Waals surface area contributed by atoms with Crippen LogP contribution in [0, 0.1) is 28.6 Å². The van der Waals surface area contributed by atoms with Crippen molar-refractivity contribution < 1.29 is 33.0 Å². The fourth-order valence-electron chi connectivity index (χ4n) is 7.74. The minimum absolute atomic E-state index is 0.0431. The van der Waals surface area contributed by atoms with Gasteiger partial charge in [-0.3, -0.25) is 14.4 Å². The quantitative estimate of drug-likeness (QED) is 0.481. The van der Waals surface area contributed by atoms with E-state index in [1.807, 2.05) is 0 Å². The van der Waals surface area contributed by atoms with E-state index in [9.17, 15) is 19.5 Å². The zero-order chi connectivity index (χ0) is 24.6. The average Bonchev–Trinajstić information content (AvgIpc) is 2.98. The number of ketones is 2. The molecule has 4 aliphatic rings. The molecule has 0 aromatic carbocycles. The van der Waals surface area contributed by atoms with Gasteiger partial charge in [0.2, 0.25) is 0 Å². The third-order valence-corrected chi connectivity index (χ3v) is 9.51. The average molecular weight is 485 g/mol. The fourth-order valence-corrected chi connectivity index (χ4v) is 7.94. The number of rotatable bonds is 4. The molecule has 0 spiro atoms. The summed E-state index contributed by atoms with van der Waals surface area (Å²) in [6, 6.07) is 0. The molecule has 8 heteroatoms. The van der Waals surface area contributed by atoms with Crippen molar-refractivity contribution in [2.75, 3.05) is 5.88 Å². The Balaban J connectivity index is 1.88. The van der Waals surface area contributed by atoms with E-state index in [0.29, 0.717) is 6.42 Å². The van der Waals surface area contributed by atoms with E-state index in [1.54, 1.807) is 20.8 Å². The number of carbonyl (C=O) groups is 3. The van der Waals surface area contributed by atoms with Gasteiger partial charge < -0.3 is 9.84 Å². The highest BCUT2D eigenvalue weighted by molar-refractivity contribution is 6.29. The lowest BCUT2D eigenvalue weighted by atomic mass is 9.44. The molecule has 1 N–H and O–H groups in total. The van der Waals surface area contributed by atoms with E-state index in [4.69, 9.17) is 16.3 Å². The minimum atomic E-state index is -2.25. The third-order valence-electron chi connectivity index (χ3n) is 9.27. The number of hydrogen-bond donors (Lipinski definition) is 1. The summed E-state index contributed by atoms with van der Waals surface area (Å²) < 4.78 is 38.5. The molecule has 3 saturated carbocycles. The van der Waals surface area contributed by atoms with Crippen LogP contribution in [0.4, 0.5) is 8.78 Å². The highest BCUT2D eigenvalue weighted by Crippen LogP contribution is 2.71. The van der Waals surface area contributed by atoms with E-state index < -0.39 is 75.5 Å². The Morgan fingerprint density at radius 3 is 2.55 bits per heavy atom. The van der Waals surface area contributed by atoms with Crippen LogP contribution in [-0.2, 0) is 19.1 Å². The molecule has 182 valence electrons. The molecule has 0 amide bonds. The zero-order valence-electron chi connectivity index (χ0n) is 19.4. The normalized spacial score (nSPS) is 48.4. The summed E-state index contributed by atoms with van der Waals surface area (Å²) in [7, 11) is 0. The fraction of sp³-hybridized carbons (Fsp3) is 0.720. The number of esters is 1. The molecule has 1 unspecified atom stereocenters. The van der Waals surface area contributed by atoms with E-state index in [2.05, 4.69) is 0 Å². The highest BCUT2D eigenvalue weighted by Gasteiger charge is 2.77. The smallest absolute Gasteiger partial charge is 0.306 e. The lowest BCUT2D eigenvalue weighted by Gasteiger charge is -2.63. The molecule has 3 fully saturated rings. The molecular weight excluding hydrogens is 454 g/mol. The summed E-state index contributed by atoms with van der Waals surface area (Å²) in [6.07, 6.45) is 0.584. The van der Waals surface area contributed by atoms with Gasteiger partial charge in [-0.25, -0.2) is 8.78 Å². The summed E-state index contributed by atoms with van der Waals surface area (Å²) in [5.41, 5.74) is -6.47. The van der Waals surface area contributed by atoms with Gasteiger partial charge in [-0.1, -0.05) is 26.8 Å². The van der Waals surface area contributed by atoms with Crippen molar-refractivity contribution in [3.8, 4) is 0 Å². The molecule has 4 aliphatic carbocycles. The maximum atomic E-state index is 17.2. The lowest BCUT2D eigenvalue weighted by molar-refractivity contribution is -0.230. The predicted octanol–water partition coefficient (Wildman–Crippen LogP) is 4.05. The van der Waals surface area contributed by atoms with Gasteiger partial charge in [-0.05, 0) is 49.8 Å². The molecule has 0 bridgehead atoms. The predicted molar refractivity (Wildman–Crippen MR) is 118 cm³/mol. The molecule has 0 radical (unpaired) electrons. The van der Waals surface area contributed by atoms with Gasteiger partial charge in [0, 0.05) is 29.1 Å². The van der Waals surface area contributed by atoms with Crippen LogP contribution in [0.3, 0.4) is 0 Å². The Labute approximate surface area is 197 Å². The van der Waals surface area contributed by atoms with Crippen LogP contribution in [0.2, 0.25) is 0 Å². The second-order valence-electron chi connectivity index (χ2n) is 10.6. The number of fused-ring (bicyclic) bond motifs is 5. The van der Waals surface area contributed by atoms with Crippen molar-refractivity contribution in [2.45, 2.75) is 76.9 Å². The molecule has 0 aromatic heterocycles. The Kier molecular flexibility index (Phi) is 5.73. The number of aliphatic hydroxyl groups is 1. The van der Waals surface area contributed by atoms with Gasteiger partial charge in [-0.2, -0.15) is 0 Å². The van der Waals surface area contributed by atoms with Crippen LogP contribution < -0.4 is 0 Å². The molecule has 9 atom stereocenters. The number of halogens is 3. The summed E-state index contributed by atoms with van der Waals surface area (Å²) in [4.78, 5) is 37.7. The molecule has 0 saturated heterocycles. The van der Waals surface area contributed by atoms with Gasteiger partial charge in [-0.15, -0.1) is 11.6 Å². The number of aliphatic hydroxyl groups excluding tert-OH is 1. The number of alkyl halides is 3. The van der Waals surface area contributed by atoms with Gasteiger partial charge >= 0.3 is 5.97 Å². The van der Waals surface area contributed by atoms with Crippen molar-refractivity contribution in [1.82, 2.24) is 0 Å². The summed E-state index contributed by atoms with van der Waals surface area (Å²) in [5.74, 6) is -3.84. The van der Waals surface area contributed by atoms with Crippen molar-refractivity contribution in [3.05, 3.63) is 23.8 Å². The first-order valence-electron chi connectivity index (χ1n) is 11.6. The van der Waals surface area contributed by atoms with Crippen LogP contribution in [0.1, 0.15) is 53.4 Å². The van der Waals surface area contributed by atoms with Crippen LogP contribution in [0.25, 0.3) is 0 Å². The Hall–Kier alpha value is -1.60. The monoisotopic (exact) mass is 484 g/mol. The van der Waals surface area contributed by atoms with Crippen LogP contribution >= 0.6 is 11.6 Å². The van der Waals surface area contributed by atoms with Crippen molar-refractivity contribution in [3.63, 3.8) is 0 Å². The first kappa shape index (κ1) is 24.5. The Bertz CT molecular complexity index is 964. The van der Waals surface area contributed by atoms with Crippen molar-refractivity contribution in [2.24, 2.45) is 28.6 Å². The number of carbonyl (C=O) groups excluding carboxylic acids is 3. The number of Topliss-reactive ketones (excluding diaryl/α,β-unsaturated/α-hetero) is 1. The molecule has 0 aromatic rings. The molecule has 0 heterocycles. The second-order valence-corrected chi connectivity index (χ2v) is 10.9.